The van der Waals surface area contributed by atoms with Crippen LogP contribution in [0.1, 0.15) is 41.0 Å². The summed E-state index contributed by atoms with van der Waals surface area (Å²) in [5.74, 6) is 0. The molecule has 2 N–H and O–H groups in total. The highest BCUT2D eigenvalue weighted by Gasteiger charge is 2.24. The summed E-state index contributed by atoms with van der Waals surface area (Å²) in [5, 5.41) is 0. The van der Waals surface area contributed by atoms with Crippen LogP contribution < -0.4 is 5.73 Å². The second kappa shape index (κ2) is 5.13. The predicted molar refractivity (Wildman–Crippen MR) is 64.4 cm³/mol. The van der Waals surface area contributed by atoms with Gasteiger partial charge in [-0.3, -0.25) is 0 Å². The third kappa shape index (κ3) is 5.61. The maximum absolute atomic E-state index is 5.80. The summed E-state index contributed by atoms with van der Waals surface area (Å²) >= 11 is 0. The van der Waals surface area contributed by atoms with Gasteiger partial charge in [-0.1, -0.05) is 34.6 Å². The van der Waals surface area contributed by atoms with E-state index < -0.39 is 0 Å². The summed E-state index contributed by atoms with van der Waals surface area (Å²) in [6.07, 6.45) is 1.15. The summed E-state index contributed by atoms with van der Waals surface area (Å²) < 4.78 is 0. The molecule has 0 heterocycles. The maximum atomic E-state index is 5.80. The van der Waals surface area contributed by atoms with Crippen molar-refractivity contribution in [1.29, 1.82) is 0 Å². The Labute approximate surface area is 89.9 Å². The second-order valence-corrected chi connectivity index (χ2v) is 6.10. The standard InChI is InChI=1S/C12H28N2/c1-7-12(5,8-13)10-14(6)9-11(2,3)4/h7-10,13H2,1-6H3. The molecule has 0 aliphatic rings. The van der Waals surface area contributed by atoms with E-state index in [4.69, 9.17) is 5.73 Å². The highest BCUT2D eigenvalue weighted by Crippen LogP contribution is 2.22. The summed E-state index contributed by atoms with van der Waals surface area (Å²) in [6, 6.07) is 0. The van der Waals surface area contributed by atoms with Crippen LogP contribution in [0.2, 0.25) is 0 Å². The van der Waals surface area contributed by atoms with Crippen LogP contribution in [-0.4, -0.2) is 31.6 Å². The molecule has 0 aromatic carbocycles. The van der Waals surface area contributed by atoms with E-state index in [1.165, 1.54) is 0 Å². The zero-order chi connectivity index (χ0) is 11.4. The molecule has 1 atom stereocenters. The van der Waals surface area contributed by atoms with Crippen molar-refractivity contribution in [2.24, 2.45) is 16.6 Å². The zero-order valence-corrected chi connectivity index (χ0v) is 10.9. The molecule has 2 heteroatoms. The van der Waals surface area contributed by atoms with Crippen molar-refractivity contribution in [3.8, 4) is 0 Å². The summed E-state index contributed by atoms with van der Waals surface area (Å²) in [4.78, 5) is 2.40. The van der Waals surface area contributed by atoms with Crippen LogP contribution in [0.25, 0.3) is 0 Å². The fraction of sp³-hybridized carbons (Fsp3) is 1.00. The molecule has 0 fully saturated rings. The summed E-state index contributed by atoms with van der Waals surface area (Å²) in [7, 11) is 2.19. The number of nitrogens with zero attached hydrogens (tertiary/aromatic N) is 1. The van der Waals surface area contributed by atoms with Crippen molar-refractivity contribution in [2.45, 2.75) is 41.0 Å². The molecule has 0 aliphatic carbocycles. The van der Waals surface area contributed by atoms with Gasteiger partial charge in [-0.2, -0.15) is 0 Å². The smallest absolute Gasteiger partial charge is 0.00445 e. The van der Waals surface area contributed by atoms with Gasteiger partial charge in [-0.05, 0) is 30.8 Å². The monoisotopic (exact) mass is 200 g/mol. The van der Waals surface area contributed by atoms with Crippen molar-refractivity contribution in [1.82, 2.24) is 4.90 Å². The van der Waals surface area contributed by atoms with E-state index >= 15 is 0 Å². The molecule has 0 saturated heterocycles. The highest BCUT2D eigenvalue weighted by molar-refractivity contribution is 4.78. The molecule has 86 valence electrons. The van der Waals surface area contributed by atoms with E-state index in [1.54, 1.807) is 0 Å². The van der Waals surface area contributed by atoms with E-state index in [0.29, 0.717) is 5.41 Å². The molecule has 0 aliphatic heterocycles. The molecular formula is C12H28N2. The minimum Gasteiger partial charge on any atom is -0.330 e. The van der Waals surface area contributed by atoms with E-state index in [2.05, 4.69) is 46.6 Å². The number of nitrogens with two attached hydrogens (primary N) is 1. The lowest BCUT2D eigenvalue weighted by Crippen LogP contribution is -2.41. The van der Waals surface area contributed by atoms with E-state index in [9.17, 15) is 0 Å². The first kappa shape index (κ1) is 13.9. The molecule has 2 nitrogen and oxygen atoms in total. The van der Waals surface area contributed by atoms with Crippen molar-refractivity contribution in [3.05, 3.63) is 0 Å². The minimum absolute atomic E-state index is 0.278. The van der Waals surface area contributed by atoms with Crippen LogP contribution >= 0.6 is 0 Å². The molecule has 0 amide bonds. The predicted octanol–water partition coefficient (Wildman–Crippen LogP) is 2.34. The van der Waals surface area contributed by atoms with Gasteiger partial charge >= 0.3 is 0 Å². The topological polar surface area (TPSA) is 29.3 Å². The Morgan fingerprint density at radius 2 is 1.57 bits per heavy atom. The second-order valence-electron chi connectivity index (χ2n) is 6.10. The quantitative estimate of drug-likeness (QED) is 0.738. The Bertz CT molecular complexity index is 154. The lowest BCUT2D eigenvalue weighted by atomic mass is 9.86. The third-order valence-corrected chi connectivity index (χ3v) is 2.74. The average Bonchev–Trinajstić information content (AvgIpc) is 2.00. The van der Waals surface area contributed by atoms with Crippen LogP contribution in [0.4, 0.5) is 0 Å². The van der Waals surface area contributed by atoms with Crippen molar-refractivity contribution in [2.75, 3.05) is 26.7 Å². The van der Waals surface area contributed by atoms with Crippen molar-refractivity contribution < 1.29 is 0 Å². The largest absolute Gasteiger partial charge is 0.330 e. The molecular weight excluding hydrogens is 172 g/mol. The Morgan fingerprint density at radius 1 is 1.07 bits per heavy atom. The highest BCUT2D eigenvalue weighted by atomic mass is 15.1. The maximum Gasteiger partial charge on any atom is 0.00445 e. The lowest BCUT2D eigenvalue weighted by Gasteiger charge is -2.35. The minimum atomic E-state index is 0.278. The molecule has 1 unspecified atom stereocenters. The van der Waals surface area contributed by atoms with Crippen LogP contribution in [-0.2, 0) is 0 Å². The first-order chi connectivity index (χ1) is 6.22. The molecule has 0 aromatic rings. The van der Waals surface area contributed by atoms with Gasteiger partial charge in [-0.25, -0.2) is 0 Å². The SMILES string of the molecule is CCC(C)(CN)CN(C)CC(C)(C)C. The van der Waals surface area contributed by atoms with E-state index in [0.717, 1.165) is 26.1 Å². The fourth-order valence-corrected chi connectivity index (χ4v) is 1.84. The number of hydrogen-bond acceptors (Lipinski definition) is 2. The zero-order valence-electron chi connectivity index (χ0n) is 10.9. The van der Waals surface area contributed by atoms with Gasteiger partial charge in [0.2, 0.25) is 0 Å². The molecule has 0 aromatic heterocycles. The van der Waals surface area contributed by atoms with Gasteiger partial charge in [0.25, 0.3) is 0 Å². The molecule has 0 spiro atoms. The molecule has 14 heavy (non-hydrogen) atoms. The first-order valence-electron chi connectivity index (χ1n) is 5.61. The Kier molecular flexibility index (Phi) is 5.10. The van der Waals surface area contributed by atoms with E-state index in [1.807, 2.05) is 0 Å². The van der Waals surface area contributed by atoms with Gasteiger partial charge in [0, 0.05) is 13.1 Å². The van der Waals surface area contributed by atoms with Gasteiger partial charge in [0.1, 0.15) is 0 Å². The Hall–Kier alpha value is -0.0800. The van der Waals surface area contributed by atoms with Crippen molar-refractivity contribution >= 4 is 0 Å². The Balaban J connectivity index is 4.10. The molecule has 0 rings (SSSR count). The summed E-state index contributed by atoms with van der Waals surface area (Å²) in [6.45, 7) is 14.3. The molecule has 0 saturated carbocycles. The van der Waals surface area contributed by atoms with Crippen molar-refractivity contribution in [3.63, 3.8) is 0 Å². The fourth-order valence-electron chi connectivity index (χ4n) is 1.84. The third-order valence-electron chi connectivity index (χ3n) is 2.74. The number of rotatable bonds is 5. The van der Waals surface area contributed by atoms with Crippen LogP contribution in [0, 0.1) is 10.8 Å². The van der Waals surface area contributed by atoms with E-state index in [-0.39, 0.29) is 5.41 Å². The summed E-state index contributed by atoms with van der Waals surface area (Å²) in [5.41, 5.74) is 6.45. The normalized spacial score (nSPS) is 17.1. The Morgan fingerprint density at radius 3 is 1.86 bits per heavy atom. The first-order valence-corrected chi connectivity index (χ1v) is 5.61. The van der Waals surface area contributed by atoms with Gasteiger partial charge in [0.05, 0.1) is 0 Å². The lowest BCUT2D eigenvalue weighted by molar-refractivity contribution is 0.150. The van der Waals surface area contributed by atoms with Gasteiger partial charge < -0.3 is 10.6 Å². The number of hydrogen-bond donors (Lipinski definition) is 1. The van der Waals surface area contributed by atoms with Crippen LogP contribution in [0.3, 0.4) is 0 Å². The van der Waals surface area contributed by atoms with Gasteiger partial charge in [0.15, 0.2) is 0 Å². The van der Waals surface area contributed by atoms with Crippen LogP contribution in [0.5, 0.6) is 0 Å². The van der Waals surface area contributed by atoms with Crippen LogP contribution in [0.15, 0.2) is 0 Å². The molecule has 0 radical (unpaired) electrons. The van der Waals surface area contributed by atoms with Gasteiger partial charge in [-0.15, -0.1) is 0 Å². The average molecular weight is 200 g/mol. The molecule has 0 bridgehead atoms.